The van der Waals surface area contributed by atoms with E-state index in [9.17, 15) is 13.2 Å². The highest BCUT2D eigenvalue weighted by atomic mass is 19.4. The minimum absolute atomic E-state index is 0.281. The molecule has 0 aliphatic carbocycles. The standard InChI is InChI=1S/C26H23F3N6O2/c1-16-21(17(2)37-34-16)23-32-24(30-12-13-36-20-6-4-3-5-7-20)22-25(33-23)35(15-31-22)14-18-8-10-19(11-9-18)26(27,28)29/h3-11,15H,12-14H2,1-2H3,(H,30,32,33). The van der Waals surface area contributed by atoms with Crippen LogP contribution in [0, 0.1) is 13.8 Å². The van der Waals surface area contributed by atoms with Crippen LogP contribution in [0.15, 0.2) is 65.4 Å². The van der Waals surface area contributed by atoms with Gasteiger partial charge in [-0.2, -0.15) is 13.2 Å². The number of benzene rings is 2. The van der Waals surface area contributed by atoms with E-state index in [2.05, 4.69) is 20.4 Å². The molecule has 5 aromatic rings. The Morgan fingerprint density at radius 3 is 2.43 bits per heavy atom. The summed E-state index contributed by atoms with van der Waals surface area (Å²) < 4.78 is 51.7. The molecule has 190 valence electrons. The molecule has 5 rings (SSSR count). The van der Waals surface area contributed by atoms with E-state index >= 15 is 0 Å². The number of anilines is 1. The number of fused-ring (bicyclic) bond motifs is 1. The number of ether oxygens (including phenoxy) is 1. The van der Waals surface area contributed by atoms with Gasteiger partial charge >= 0.3 is 6.18 Å². The molecule has 0 aliphatic heterocycles. The van der Waals surface area contributed by atoms with E-state index in [1.165, 1.54) is 12.1 Å². The first kappa shape index (κ1) is 24.3. The zero-order valence-corrected chi connectivity index (χ0v) is 20.1. The van der Waals surface area contributed by atoms with Crippen LogP contribution in [0.25, 0.3) is 22.6 Å². The Balaban J connectivity index is 1.45. The largest absolute Gasteiger partial charge is 0.492 e. The molecular formula is C26H23F3N6O2. The molecule has 0 bridgehead atoms. The second kappa shape index (κ2) is 9.92. The fourth-order valence-corrected chi connectivity index (χ4v) is 3.95. The zero-order chi connectivity index (χ0) is 26.0. The van der Waals surface area contributed by atoms with Crippen LogP contribution in [0.1, 0.15) is 22.6 Å². The Morgan fingerprint density at radius 1 is 1.00 bits per heavy atom. The van der Waals surface area contributed by atoms with Crippen LogP contribution in [0.5, 0.6) is 5.75 Å². The van der Waals surface area contributed by atoms with Gasteiger partial charge in [0.2, 0.25) is 0 Å². The minimum atomic E-state index is -4.39. The maximum Gasteiger partial charge on any atom is 0.416 e. The van der Waals surface area contributed by atoms with E-state index in [0.29, 0.717) is 58.5 Å². The Morgan fingerprint density at radius 2 is 1.76 bits per heavy atom. The average Bonchev–Trinajstić information content (AvgIpc) is 3.44. The van der Waals surface area contributed by atoms with Gasteiger partial charge < -0.3 is 19.1 Å². The Labute approximate surface area is 210 Å². The van der Waals surface area contributed by atoms with Crippen molar-refractivity contribution in [3.8, 4) is 17.1 Å². The van der Waals surface area contributed by atoms with Crippen LogP contribution in [0.4, 0.5) is 19.0 Å². The summed E-state index contributed by atoms with van der Waals surface area (Å²) in [7, 11) is 0. The van der Waals surface area contributed by atoms with Gasteiger partial charge in [-0.3, -0.25) is 0 Å². The highest BCUT2D eigenvalue weighted by molar-refractivity contribution is 5.85. The van der Waals surface area contributed by atoms with Crippen molar-refractivity contribution in [2.45, 2.75) is 26.6 Å². The minimum Gasteiger partial charge on any atom is -0.492 e. The first-order valence-corrected chi connectivity index (χ1v) is 11.5. The molecule has 0 saturated heterocycles. The summed E-state index contributed by atoms with van der Waals surface area (Å²) in [6.45, 7) is 4.71. The third-order valence-electron chi connectivity index (χ3n) is 5.76. The molecule has 0 spiro atoms. The molecule has 11 heteroatoms. The molecular weight excluding hydrogens is 485 g/mol. The monoisotopic (exact) mass is 508 g/mol. The summed E-state index contributed by atoms with van der Waals surface area (Å²) in [6, 6.07) is 14.5. The van der Waals surface area contributed by atoms with E-state index in [1.54, 1.807) is 24.7 Å². The smallest absolute Gasteiger partial charge is 0.416 e. The Hall–Kier alpha value is -4.41. The number of halogens is 3. The third-order valence-corrected chi connectivity index (χ3v) is 5.76. The van der Waals surface area contributed by atoms with Crippen LogP contribution in [0.3, 0.4) is 0 Å². The van der Waals surface area contributed by atoms with E-state index < -0.39 is 11.7 Å². The van der Waals surface area contributed by atoms with Gasteiger partial charge in [0.1, 0.15) is 23.6 Å². The first-order chi connectivity index (χ1) is 17.8. The molecule has 0 amide bonds. The van der Waals surface area contributed by atoms with Gasteiger partial charge in [-0.05, 0) is 43.7 Å². The van der Waals surface area contributed by atoms with Crippen molar-refractivity contribution in [1.29, 1.82) is 0 Å². The van der Waals surface area contributed by atoms with Crippen LogP contribution in [-0.4, -0.2) is 37.8 Å². The molecule has 8 nitrogen and oxygen atoms in total. The zero-order valence-electron chi connectivity index (χ0n) is 20.1. The second-order valence-electron chi connectivity index (χ2n) is 8.42. The fourth-order valence-electron chi connectivity index (χ4n) is 3.95. The Kier molecular flexibility index (Phi) is 6.51. The molecule has 0 saturated carbocycles. The molecule has 3 aromatic heterocycles. The molecule has 0 radical (unpaired) electrons. The van der Waals surface area contributed by atoms with E-state index in [1.807, 2.05) is 30.3 Å². The number of imidazole rings is 1. The summed E-state index contributed by atoms with van der Waals surface area (Å²) in [6.07, 6.45) is -2.79. The summed E-state index contributed by atoms with van der Waals surface area (Å²) in [4.78, 5) is 13.9. The van der Waals surface area contributed by atoms with Crippen molar-refractivity contribution < 1.29 is 22.4 Å². The van der Waals surface area contributed by atoms with Crippen molar-refractivity contribution in [2.24, 2.45) is 0 Å². The highest BCUT2D eigenvalue weighted by Gasteiger charge is 2.30. The Bertz CT molecular complexity index is 1490. The molecule has 0 fully saturated rings. The van der Waals surface area contributed by atoms with Crippen LogP contribution in [0.2, 0.25) is 0 Å². The lowest BCUT2D eigenvalue weighted by Crippen LogP contribution is -2.13. The fraction of sp³-hybridized carbons (Fsp3) is 0.231. The van der Waals surface area contributed by atoms with Gasteiger partial charge in [0.15, 0.2) is 17.3 Å². The van der Waals surface area contributed by atoms with E-state index in [0.717, 1.165) is 17.9 Å². The maximum atomic E-state index is 13.0. The number of aromatic nitrogens is 5. The van der Waals surface area contributed by atoms with Crippen LogP contribution in [-0.2, 0) is 12.7 Å². The number of nitrogens with zero attached hydrogens (tertiary/aromatic N) is 5. The molecule has 37 heavy (non-hydrogen) atoms. The number of nitrogens with one attached hydrogen (secondary N) is 1. The summed E-state index contributed by atoms with van der Waals surface area (Å²) in [5.41, 5.74) is 2.35. The third kappa shape index (κ3) is 5.25. The number of aryl methyl sites for hydroxylation is 2. The van der Waals surface area contributed by atoms with Gasteiger partial charge in [-0.1, -0.05) is 35.5 Å². The average molecular weight is 509 g/mol. The van der Waals surface area contributed by atoms with Crippen LogP contribution < -0.4 is 10.1 Å². The number of para-hydroxylation sites is 1. The molecule has 0 atom stereocenters. The molecule has 1 N–H and O–H groups in total. The van der Waals surface area contributed by atoms with Crippen molar-refractivity contribution in [3.63, 3.8) is 0 Å². The first-order valence-electron chi connectivity index (χ1n) is 11.5. The van der Waals surface area contributed by atoms with Gasteiger partial charge in [0, 0.05) is 0 Å². The molecule has 2 aromatic carbocycles. The molecule has 0 aliphatic rings. The second-order valence-corrected chi connectivity index (χ2v) is 8.42. The highest BCUT2D eigenvalue weighted by Crippen LogP contribution is 2.30. The number of rotatable bonds is 8. The quantitative estimate of drug-likeness (QED) is 0.271. The lowest BCUT2D eigenvalue weighted by molar-refractivity contribution is -0.137. The summed E-state index contributed by atoms with van der Waals surface area (Å²) >= 11 is 0. The van der Waals surface area contributed by atoms with Gasteiger partial charge in [-0.25, -0.2) is 15.0 Å². The van der Waals surface area contributed by atoms with Gasteiger partial charge in [-0.15, -0.1) is 0 Å². The van der Waals surface area contributed by atoms with Crippen molar-refractivity contribution >= 4 is 17.0 Å². The SMILES string of the molecule is Cc1noc(C)c1-c1nc(NCCOc2ccccc2)c2ncn(Cc3ccc(C(F)(F)F)cc3)c2n1. The summed E-state index contributed by atoms with van der Waals surface area (Å²) in [5, 5.41) is 7.28. The number of hydrogen-bond donors (Lipinski definition) is 1. The van der Waals surface area contributed by atoms with Crippen molar-refractivity contribution in [1.82, 2.24) is 24.7 Å². The van der Waals surface area contributed by atoms with E-state index in [-0.39, 0.29) is 6.54 Å². The lowest BCUT2D eigenvalue weighted by Gasteiger charge is -2.11. The molecule has 3 heterocycles. The predicted octanol–water partition coefficient (Wildman–Crippen LogP) is 5.66. The summed E-state index contributed by atoms with van der Waals surface area (Å²) in [5.74, 6) is 2.24. The lowest BCUT2D eigenvalue weighted by atomic mass is 10.1. The van der Waals surface area contributed by atoms with Gasteiger partial charge in [0.25, 0.3) is 0 Å². The predicted molar refractivity (Wildman–Crippen MR) is 131 cm³/mol. The topological polar surface area (TPSA) is 90.9 Å². The number of alkyl halides is 3. The van der Waals surface area contributed by atoms with Gasteiger partial charge in [0.05, 0.1) is 36.2 Å². The molecule has 0 unspecified atom stereocenters. The number of hydrogen-bond acceptors (Lipinski definition) is 7. The van der Waals surface area contributed by atoms with Crippen molar-refractivity contribution in [2.75, 3.05) is 18.5 Å². The van der Waals surface area contributed by atoms with Crippen molar-refractivity contribution in [3.05, 3.63) is 83.5 Å². The maximum absolute atomic E-state index is 13.0. The van der Waals surface area contributed by atoms with Crippen LogP contribution >= 0.6 is 0 Å². The van der Waals surface area contributed by atoms with E-state index in [4.69, 9.17) is 14.2 Å². The normalized spacial score (nSPS) is 11.7.